The van der Waals surface area contributed by atoms with Crippen LogP contribution in [-0.4, -0.2) is 107 Å². The van der Waals surface area contributed by atoms with Crippen LogP contribution in [0.1, 0.15) is 71.1 Å². The third-order valence-corrected chi connectivity index (χ3v) is 6.96. The second kappa shape index (κ2) is 20.7. The highest BCUT2D eigenvalue weighted by Gasteiger charge is 2.43. The minimum absolute atomic E-state index is 0.0179. The Kier molecular flexibility index (Phi) is 19.0. The van der Waals surface area contributed by atoms with E-state index in [1.165, 1.54) is 19.3 Å². The van der Waals surface area contributed by atoms with Crippen molar-refractivity contribution in [3.63, 3.8) is 0 Å². The zero-order chi connectivity index (χ0) is 29.1. The van der Waals surface area contributed by atoms with Gasteiger partial charge in [-0.05, 0) is 12.8 Å². The van der Waals surface area contributed by atoms with Crippen LogP contribution in [0.15, 0.2) is 0 Å². The summed E-state index contributed by atoms with van der Waals surface area (Å²) in [6.45, 7) is 0.726. The molecule has 0 aliphatic carbocycles. The zero-order valence-corrected chi connectivity index (χ0v) is 23.5. The second-order valence-electron chi connectivity index (χ2n) is 9.25. The van der Waals surface area contributed by atoms with E-state index in [9.17, 15) is 34.4 Å². The number of hydrogen-bond acceptors (Lipinski definition) is 12. The Hall–Kier alpha value is -1.19. The van der Waals surface area contributed by atoms with Gasteiger partial charge in [0.15, 0.2) is 6.29 Å². The molecule has 0 aromatic heterocycles. The number of aliphatic hydroxyl groups is 4. The first kappa shape index (κ1) is 35.8. The van der Waals surface area contributed by atoms with Crippen molar-refractivity contribution in [3.8, 4) is 0 Å². The molecule has 1 saturated heterocycles. The maximum Gasteiger partial charge on any atom is 0.472 e. The second-order valence-corrected chi connectivity index (χ2v) is 10.7. The molecule has 1 fully saturated rings. The van der Waals surface area contributed by atoms with Crippen LogP contribution < -0.4 is 5.32 Å². The van der Waals surface area contributed by atoms with Crippen molar-refractivity contribution in [2.24, 2.45) is 0 Å². The molecule has 0 spiro atoms. The molecule has 0 radical (unpaired) electrons. The lowest BCUT2D eigenvalue weighted by molar-refractivity contribution is -0.301. The van der Waals surface area contributed by atoms with Crippen molar-refractivity contribution in [1.29, 1.82) is 0 Å². The quantitative estimate of drug-likeness (QED) is 0.0580. The molecule has 1 heterocycles. The number of ether oxygens (including phenoxy) is 3. The van der Waals surface area contributed by atoms with Crippen LogP contribution in [0.2, 0.25) is 0 Å². The molecule has 0 aromatic carbocycles. The standard InChI is InChI=1S/C24H46NO13P/c1-2-3-4-5-6-7-8-11-20(28)34-15-16-37-39(32,33)36-14-12-25-19(27)10-9-13-35-24-23(31)22(30)21(29)18(17-26)38-24/h18,21-24,26,29-31H,2-17H2,1H3,(H,25,27)(H,32,33)/t18-,21-,22+,23-,24-/m1/s1. The lowest BCUT2D eigenvalue weighted by Gasteiger charge is -2.39. The van der Waals surface area contributed by atoms with Gasteiger partial charge >= 0.3 is 13.8 Å². The number of amides is 1. The number of phosphoric acid groups is 1. The Morgan fingerprint density at radius 1 is 0.846 bits per heavy atom. The Bertz CT molecular complexity index is 726. The smallest absolute Gasteiger partial charge is 0.463 e. The van der Waals surface area contributed by atoms with Crippen molar-refractivity contribution in [1.82, 2.24) is 5.32 Å². The average molecular weight is 588 g/mol. The van der Waals surface area contributed by atoms with E-state index in [0.29, 0.717) is 6.42 Å². The molecule has 6 N–H and O–H groups in total. The first-order valence-electron chi connectivity index (χ1n) is 13.6. The molecule has 0 saturated carbocycles. The molecule has 1 unspecified atom stereocenters. The summed E-state index contributed by atoms with van der Waals surface area (Å²) in [7, 11) is -4.37. The van der Waals surface area contributed by atoms with Crippen LogP contribution in [0.3, 0.4) is 0 Å². The zero-order valence-electron chi connectivity index (χ0n) is 22.6. The van der Waals surface area contributed by atoms with Crippen LogP contribution >= 0.6 is 7.82 Å². The maximum absolute atomic E-state index is 11.9. The Balaban J connectivity index is 2.05. The van der Waals surface area contributed by atoms with E-state index >= 15 is 0 Å². The van der Waals surface area contributed by atoms with Gasteiger partial charge in [-0.3, -0.25) is 18.6 Å². The number of rotatable bonds is 22. The van der Waals surface area contributed by atoms with Crippen molar-refractivity contribution in [2.75, 3.05) is 39.6 Å². The number of aliphatic hydroxyl groups excluding tert-OH is 4. The fourth-order valence-corrected chi connectivity index (χ4v) is 4.42. The summed E-state index contributed by atoms with van der Waals surface area (Å²) in [6.07, 6.45) is 1.19. The van der Waals surface area contributed by atoms with Gasteiger partial charge in [-0.2, -0.15) is 0 Å². The molecule has 14 nitrogen and oxygen atoms in total. The lowest BCUT2D eigenvalue weighted by Crippen LogP contribution is -2.59. The largest absolute Gasteiger partial charge is 0.472 e. The van der Waals surface area contributed by atoms with Gasteiger partial charge in [-0.15, -0.1) is 0 Å². The lowest BCUT2D eigenvalue weighted by atomic mass is 9.99. The molecule has 1 amide bonds. The molecule has 1 aliphatic rings. The highest BCUT2D eigenvalue weighted by Crippen LogP contribution is 2.42. The van der Waals surface area contributed by atoms with Gasteiger partial charge in [0.2, 0.25) is 5.91 Å². The number of carbonyl (C=O) groups is 2. The fraction of sp³-hybridized carbons (Fsp3) is 0.917. The molecule has 230 valence electrons. The maximum atomic E-state index is 11.9. The Morgan fingerprint density at radius 2 is 1.51 bits per heavy atom. The summed E-state index contributed by atoms with van der Waals surface area (Å²) in [5, 5.41) is 41.0. The Labute approximate surface area is 229 Å². The summed E-state index contributed by atoms with van der Waals surface area (Å²) in [5.74, 6) is -0.778. The third-order valence-electron chi connectivity index (χ3n) is 5.94. The number of esters is 1. The summed E-state index contributed by atoms with van der Waals surface area (Å²) in [5.41, 5.74) is 0. The molecular weight excluding hydrogens is 541 g/mol. The molecule has 39 heavy (non-hydrogen) atoms. The predicted octanol–water partition coefficient (Wildman–Crippen LogP) is 0.517. The summed E-state index contributed by atoms with van der Waals surface area (Å²) in [4.78, 5) is 33.2. The third kappa shape index (κ3) is 16.0. The van der Waals surface area contributed by atoms with Gasteiger partial charge in [-0.1, -0.05) is 45.4 Å². The molecule has 0 aromatic rings. The van der Waals surface area contributed by atoms with Crippen LogP contribution in [0.5, 0.6) is 0 Å². The highest BCUT2D eigenvalue weighted by atomic mass is 31.2. The molecule has 0 bridgehead atoms. The molecule has 6 atom stereocenters. The van der Waals surface area contributed by atoms with Crippen LogP contribution in [-0.2, 0) is 37.4 Å². The number of hydrogen-bond donors (Lipinski definition) is 6. The van der Waals surface area contributed by atoms with E-state index in [1.807, 2.05) is 0 Å². The van der Waals surface area contributed by atoms with E-state index < -0.39 is 51.0 Å². The number of nitrogens with one attached hydrogen (secondary N) is 1. The van der Waals surface area contributed by atoms with E-state index in [2.05, 4.69) is 12.2 Å². The fourth-order valence-electron chi connectivity index (χ4n) is 3.72. The van der Waals surface area contributed by atoms with Gasteiger partial charge in [0.05, 0.1) is 26.4 Å². The topological polar surface area (TPSA) is 211 Å². The van der Waals surface area contributed by atoms with Crippen LogP contribution in [0.4, 0.5) is 0 Å². The monoisotopic (exact) mass is 587 g/mol. The summed E-state index contributed by atoms with van der Waals surface area (Å²) < 4.78 is 36.8. The van der Waals surface area contributed by atoms with Gasteiger partial charge < -0.3 is 44.8 Å². The van der Waals surface area contributed by atoms with Gasteiger partial charge in [0.25, 0.3) is 0 Å². The first-order chi connectivity index (χ1) is 18.6. The Morgan fingerprint density at radius 3 is 2.21 bits per heavy atom. The molecule has 1 rings (SSSR count). The number of unbranched alkanes of at least 4 members (excludes halogenated alkanes) is 6. The van der Waals surface area contributed by atoms with Gasteiger partial charge in [-0.25, -0.2) is 4.57 Å². The first-order valence-corrected chi connectivity index (χ1v) is 15.1. The normalized spacial score (nSPS) is 24.7. The SMILES string of the molecule is CCCCCCCCCC(=O)OCCOP(=O)(O)OCCNC(=O)CCCO[C@@H]1O[C@H](CO)[C@@H](O)[C@H](O)[C@H]1O. The van der Waals surface area contributed by atoms with Crippen molar-refractivity contribution >= 4 is 19.7 Å². The number of phosphoric ester groups is 1. The minimum atomic E-state index is -4.37. The summed E-state index contributed by atoms with van der Waals surface area (Å²) >= 11 is 0. The van der Waals surface area contributed by atoms with E-state index in [0.717, 1.165) is 25.7 Å². The average Bonchev–Trinajstić information content (AvgIpc) is 2.91. The molecule has 15 heteroatoms. The van der Waals surface area contributed by atoms with Crippen molar-refractivity contribution in [2.45, 2.75) is 102 Å². The van der Waals surface area contributed by atoms with Crippen molar-refractivity contribution in [3.05, 3.63) is 0 Å². The van der Waals surface area contributed by atoms with Crippen LogP contribution in [0.25, 0.3) is 0 Å². The minimum Gasteiger partial charge on any atom is -0.463 e. The van der Waals surface area contributed by atoms with Gasteiger partial charge in [0.1, 0.15) is 31.0 Å². The molecule has 1 aliphatic heterocycles. The van der Waals surface area contributed by atoms with E-state index in [4.69, 9.17) is 28.4 Å². The van der Waals surface area contributed by atoms with E-state index in [1.54, 1.807) is 0 Å². The summed E-state index contributed by atoms with van der Waals surface area (Å²) in [6, 6.07) is 0. The van der Waals surface area contributed by atoms with Crippen molar-refractivity contribution < 1.29 is 62.7 Å². The van der Waals surface area contributed by atoms with Crippen LogP contribution in [0, 0.1) is 0 Å². The van der Waals surface area contributed by atoms with Gasteiger partial charge in [0, 0.05) is 19.4 Å². The number of carbonyl (C=O) groups excluding carboxylic acids is 2. The predicted molar refractivity (Wildman–Crippen MR) is 137 cm³/mol. The molecular formula is C24H46NO13P. The highest BCUT2D eigenvalue weighted by molar-refractivity contribution is 7.47. The van der Waals surface area contributed by atoms with E-state index in [-0.39, 0.29) is 51.8 Å².